The molecule has 0 amide bonds. The van der Waals surface area contributed by atoms with Crippen molar-refractivity contribution in [2.24, 2.45) is 0 Å². The van der Waals surface area contributed by atoms with E-state index in [0.29, 0.717) is 0 Å². The molecule has 1 saturated heterocycles. The van der Waals surface area contributed by atoms with Crippen molar-refractivity contribution in [1.82, 2.24) is 19.6 Å². The van der Waals surface area contributed by atoms with Gasteiger partial charge in [0.15, 0.2) is 0 Å². The van der Waals surface area contributed by atoms with Crippen molar-refractivity contribution in [3.05, 3.63) is 39.1 Å². The molecular weight excluding hydrogens is 411 g/mol. The Labute approximate surface area is 150 Å². The molecule has 1 aliphatic rings. The summed E-state index contributed by atoms with van der Waals surface area (Å²) < 4.78 is 3.05. The van der Waals surface area contributed by atoms with Gasteiger partial charge in [0.2, 0.25) is 0 Å². The van der Waals surface area contributed by atoms with Crippen molar-refractivity contribution in [3.63, 3.8) is 0 Å². The molecule has 22 heavy (non-hydrogen) atoms. The Morgan fingerprint density at radius 3 is 2.45 bits per heavy atom. The normalized spacial score (nSPS) is 17.0. The van der Waals surface area contributed by atoms with Crippen LogP contribution in [0.25, 0.3) is 11.3 Å². The number of rotatable bonds is 4. The van der Waals surface area contributed by atoms with Crippen LogP contribution in [0, 0.1) is 3.70 Å². The van der Waals surface area contributed by atoms with Gasteiger partial charge in [0.05, 0.1) is 6.54 Å². The Kier molecular flexibility index (Phi) is 5.38. The molecule has 1 aliphatic heterocycles. The number of halogens is 2. The van der Waals surface area contributed by atoms with Crippen molar-refractivity contribution >= 4 is 34.2 Å². The van der Waals surface area contributed by atoms with E-state index < -0.39 is 0 Å². The SMILES string of the molecule is CN1CCN(CCn2nc(-c3ccccc3)c(Cl)c2I)CC1. The fourth-order valence-electron chi connectivity index (χ4n) is 2.66. The number of nitrogens with zero attached hydrogens (tertiary/aromatic N) is 4. The van der Waals surface area contributed by atoms with Gasteiger partial charge in [0.1, 0.15) is 14.4 Å². The molecule has 1 aromatic heterocycles. The van der Waals surface area contributed by atoms with E-state index in [1.54, 1.807) is 0 Å². The van der Waals surface area contributed by atoms with Crippen molar-refractivity contribution < 1.29 is 0 Å². The zero-order valence-corrected chi connectivity index (χ0v) is 15.6. The molecule has 1 fully saturated rings. The first-order valence-corrected chi connectivity index (χ1v) is 8.99. The van der Waals surface area contributed by atoms with Crippen LogP contribution in [0.2, 0.25) is 5.02 Å². The highest BCUT2D eigenvalue weighted by Gasteiger charge is 2.17. The highest BCUT2D eigenvalue weighted by atomic mass is 127. The molecule has 0 aliphatic carbocycles. The summed E-state index contributed by atoms with van der Waals surface area (Å²) in [7, 11) is 2.18. The Morgan fingerprint density at radius 1 is 1.09 bits per heavy atom. The highest BCUT2D eigenvalue weighted by Crippen LogP contribution is 2.30. The lowest BCUT2D eigenvalue weighted by atomic mass is 10.2. The summed E-state index contributed by atoms with van der Waals surface area (Å²) in [6.07, 6.45) is 0. The van der Waals surface area contributed by atoms with Crippen LogP contribution in [0.4, 0.5) is 0 Å². The lowest BCUT2D eigenvalue weighted by molar-refractivity contribution is 0.148. The molecule has 0 unspecified atom stereocenters. The van der Waals surface area contributed by atoms with E-state index in [2.05, 4.69) is 51.6 Å². The van der Waals surface area contributed by atoms with Gasteiger partial charge in [-0.15, -0.1) is 0 Å². The smallest absolute Gasteiger partial charge is 0.118 e. The molecule has 2 aromatic rings. The second-order valence-corrected chi connectivity index (χ2v) is 7.09. The van der Waals surface area contributed by atoms with Gasteiger partial charge in [-0.2, -0.15) is 5.10 Å². The lowest BCUT2D eigenvalue weighted by Crippen LogP contribution is -2.45. The third kappa shape index (κ3) is 3.64. The van der Waals surface area contributed by atoms with Gasteiger partial charge >= 0.3 is 0 Å². The Morgan fingerprint density at radius 2 is 1.77 bits per heavy atom. The van der Waals surface area contributed by atoms with E-state index in [1.807, 2.05) is 22.9 Å². The summed E-state index contributed by atoms with van der Waals surface area (Å²) in [5, 5.41) is 5.47. The Bertz CT molecular complexity index is 621. The van der Waals surface area contributed by atoms with E-state index in [0.717, 1.165) is 59.2 Å². The van der Waals surface area contributed by atoms with Gasteiger partial charge in [-0.25, -0.2) is 0 Å². The summed E-state index contributed by atoms with van der Waals surface area (Å²) in [6.45, 7) is 6.46. The van der Waals surface area contributed by atoms with E-state index in [1.165, 1.54) is 0 Å². The maximum atomic E-state index is 6.48. The first-order valence-electron chi connectivity index (χ1n) is 7.53. The number of piperazine rings is 1. The average Bonchev–Trinajstić information content (AvgIpc) is 2.83. The molecule has 0 N–H and O–H groups in total. The van der Waals surface area contributed by atoms with Crippen LogP contribution >= 0.6 is 34.2 Å². The first kappa shape index (κ1) is 16.2. The van der Waals surface area contributed by atoms with Crippen molar-refractivity contribution in [2.75, 3.05) is 39.8 Å². The summed E-state index contributed by atoms with van der Waals surface area (Å²) in [4.78, 5) is 4.87. The Hall–Kier alpha value is -0.630. The molecule has 6 heteroatoms. The highest BCUT2D eigenvalue weighted by molar-refractivity contribution is 14.1. The first-order chi connectivity index (χ1) is 10.6. The van der Waals surface area contributed by atoms with Crippen molar-refractivity contribution in [1.29, 1.82) is 0 Å². The fraction of sp³-hybridized carbons (Fsp3) is 0.438. The minimum atomic E-state index is 0.755. The van der Waals surface area contributed by atoms with Crippen molar-refractivity contribution in [2.45, 2.75) is 6.54 Å². The van der Waals surface area contributed by atoms with Crippen LogP contribution in [-0.4, -0.2) is 59.4 Å². The molecule has 0 saturated carbocycles. The standard InChI is InChI=1S/C16H20ClIN4/c1-20-7-9-21(10-8-20)11-12-22-16(18)14(17)15(19-22)13-5-3-2-4-6-13/h2-6H,7-12H2,1H3. The molecule has 2 heterocycles. The van der Waals surface area contributed by atoms with Crippen LogP contribution in [0.5, 0.6) is 0 Å². The molecule has 0 bridgehead atoms. The van der Waals surface area contributed by atoms with Gasteiger partial charge in [-0.1, -0.05) is 41.9 Å². The second kappa shape index (κ2) is 7.29. The fourth-order valence-corrected chi connectivity index (χ4v) is 3.50. The summed E-state index contributed by atoms with van der Waals surface area (Å²) >= 11 is 8.77. The molecule has 4 nitrogen and oxygen atoms in total. The molecule has 118 valence electrons. The number of hydrogen-bond acceptors (Lipinski definition) is 3. The summed E-state index contributed by atoms with van der Waals surface area (Å²) in [5.41, 5.74) is 1.95. The molecule has 3 rings (SSSR count). The van der Waals surface area contributed by atoms with Gasteiger partial charge in [0.25, 0.3) is 0 Å². The third-order valence-corrected chi connectivity index (χ3v) is 5.88. The maximum absolute atomic E-state index is 6.48. The van der Waals surface area contributed by atoms with E-state index in [4.69, 9.17) is 16.7 Å². The molecule has 0 radical (unpaired) electrons. The molecule has 0 atom stereocenters. The van der Waals surface area contributed by atoms with Crippen LogP contribution in [-0.2, 0) is 6.54 Å². The Balaban J connectivity index is 1.70. The van der Waals surface area contributed by atoms with Crippen LogP contribution in [0.1, 0.15) is 0 Å². The minimum absolute atomic E-state index is 0.755. The topological polar surface area (TPSA) is 24.3 Å². The number of likely N-dealkylation sites (N-methyl/N-ethyl adjacent to an activating group) is 1. The van der Waals surface area contributed by atoms with E-state index >= 15 is 0 Å². The third-order valence-electron chi connectivity index (χ3n) is 4.11. The quantitative estimate of drug-likeness (QED) is 0.697. The van der Waals surface area contributed by atoms with Crippen LogP contribution in [0.3, 0.4) is 0 Å². The summed E-state index contributed by atoms with van der Waals surface area (Å²) in [6, 6.07) is 10.1. The van der Waals surface area contributed by atoms with Gasteiger partial charge in [-0.05, 0) is 29.6 Å². The predicted octanol–water partition coefficient (Wildman–Crippen LogP) is 3.06. The average molecular weight is 431 g/mol. The molecule has 0 spiro atoms. The monoisotopic (exact) mass is 430 g/mol. The number of aromatic nitrogens is 2. The molecular formula is C16H20ClIN4. The summed E-state index contributed by atoms with van der Waals surface area (Å²) in [5.74, 6) is 0. The van der Waals surface area contributed by atoms with Gasteiger partial charge in [0, 0.05) is 38.3 Å². The molecule has 1 aromatic carbocycles. The largest absolute Gasteiger partial charge is 0.304 e. The van der Waals surface area contributed by atoms with Crippen LogP contribution in [0.15, 0.2) is 30.3 Å². The van der Waals surface area contributed by atoms with Gasteiger partial charge in [-0.3, -0.25) is 9.58 Å². The predicted molar refractivity (Wildman–Crippen MR) is 99.3 cm³/mol. The maximum Gasteiger partial charge on any atom is 0.118 e. The second-order valence-electron chi connectivity index (χ2n) is 5.69. The minimum Gasteiger partial charge on any atom is -0.304 e. The number of benzene rings is 1. The van der Waals surface area contributed by atoms with Crippen LogP contribution < -0.4 is 0 Å². The zero-order chi connectivity index (χ0) is 15.5. The van der Waals surface area contributed by atoms with E-state index in [9.17, 15) is 0 Å². The van der Waals surface area contributed by atoms with Crippen molar-refractivity contribution in [3.8, 4) is 11.3 Å². The lowest BCUT2D eigenvalue weighted by Gasteiger charge is -2.32. The number of hydrogen-bond donors (Lipinski definition) is 0. The van der Waals surface area contributed by atoms with Gasteiger partial charge < -0.3 is 4.90 Å². The van der Waals surface area contributed by atoms with E-state index in [-0.39, 0.29) is 0 Å². The zero-order valence-electron chi connectivity index (χ0n) is 12.7.